The first-order chi connectivity index (χ1) is 14.4. The van der Waals surface area contributed by atoms with E-state index in [0.717, 1.165) is 0 Å². The van der Waals surface area contributed by atoms with E-state index < -0.39 is 10.0 Å². The number of nitrogens with zero attached hydrogens (tertiary/aromatic N) is 2. The summed E-state index contributed by atoms with van der Waals surface area (Å²) in [5.41, 5.74) is 0. The van der Waals surface area contributed by atoms with Gasteiger partial charge in [-0.1, -0.05) is 0 Å². The molecule has 1 aromatic rings. The molecule has 1 unspecified atom stereocenters. The minimum Gasteiger partial charge on any atom is -0.486 e. The van der Waals surface area contributed by atoms with Crippen LogP contribution in [0.4, 0.5) is 0 Å². The topological polar surface area (TPSA) is 88.2 Å². The van der Waals surface area contributed by atoms with Crippen LogP contribution in [-0.2, 0) is 14.8 Å². The van der Waals surface area contributed by atoms with Crippen LogP contribution in [0.1, 0.15) is 32.6 Å². The van der Waals surface area contributed by atoms with Crippen molar-refractivity contribution in [3.63, 3.8) is 0 Å². The van der Waals surface area contributed by atoms with Crippen molar-refractivity contribution < 1.29 is 22.7 Å². The molecule has 0 aromatic heterocycles. The van der Waals surface area contributed by atoms with E-state index >= 15 is 0 Å². The van der Waals surface area contributed by atoms with Gasteiger partial charge in [0.05, 0.1) is 4.90 Å². The predicted molar refractivity (Wildman–Crippen MR) is 112 cm³/mol. The molecule has 9 heteroatoms. The monoisotopic (exact) mass is 437 g/mol. The van der Waals surface area contributed by atoms with Crippen LogP contribution in [0.5, 0.6) is 11.5 Å². The molecule has 2 aliphatic heterocycles. The van der Waals surface area contributed by atoms with E-state index in [2.05, 4.69) is 24.2 Å². The lowest BCUT2D eigenvalue weighted by Crippen LogP contribution is -2.46. The summed E-state index contributed by atoms with van der Waals surface area (Å²) in [6.07, 6.45) is 3.54. The van der Waals surface area contributed by atoms with Gasteiger partial charge in [-0.05, 0) is 51.8 Å². The van der Waals surface area contributed by atoms with Crippen LogP contribution >= 0.6 is 0 Å². The molecular formula is C21H31N3O5S. The smallest absolute Gasteiger partial charge is 0.243 e. The average Bonchev–Trinajstić information content (AvgIpc) is 3.62. The Kier molecular flexibility index (Phi) is 6.22. The minimum absolute atomic E-state index is 0.0300. The van der Waals surface area contributed by atoms with Crippen LogP contribution in [0, 0.1) is 5.92 Å². The van der Waals surface area contributed by atoms with Crippen LogP contribution in [0.3, 0.4) is 0 Å². The summed E-state index contributed by atoms with van der Waals surface area (Å²) in [4.78, 5) is 15.1. The van der Waals surface area contributed by atoms with Gasteiger partial charge in [-0.15, -0.1) is 0 Å². The zero-order chi connectivity index (χ0) is 21.3. The maximum atomic E-state index is 13.0. The quantitative estimate of drug-likeness (QED) is 0.695. The van der Waals surface area contributed by atoms with Gasteiger partial charge in [0.25, 0.3) is 0 Å². The van der Waals surface area contributed by atoms with Crippen LogP contribution < -0.4 is 14.8 Å². The number of fused-ring (bicyclic) bond motifs is 1. The summed E-state index contributed by atoms with van der Waals surface area (Å²) in [5, 5.41) is 3.06. The number of rotatable bonds is 7. The lowest BCUT2D eigenvalue weighted by Gasteiger charge is -2.31. The number of hydrogen-bond acceptors (Lipinski definition) is 6. The normalized spacial score (nSPS) is 21.4. The second-order valence-corrected chi connectivity index (χ2v) is 10.4. The number of amides is 1. The second kappa shape index (κ2) is 8.72. The van der Waals surface area contributed by atoms with E-state index in [0.29, 0.717) is 69.3 Å². The fourth-order valence-corrected chi connectivity index (χ4v) is 5.56. The molecule has 0 radical (unpaired) electrons. The highest BCUT2D eigenvalue weighted by Crippen LogP contribution is 2.34. The molecule has 1 saturated carbocycles. The van der Waals surface area contributed by atoms with Crippen molar-refractivity contribution in [1.82, 2.24) is 14.5 Å². The molecule has 1 N–H and O–H groups in total. The molecule has 8 nitrogen and oxygen atoms in total. The van der Waals surface area contributed by atoms with E-state index in [-0.39, 0.29) is 16.7 Å². The molecule has 2 fully saturated rings. The third-order valence-electron chi connectivity index (χ3n) is 6.37. The Morgan fingerprint density at radius 2 is 1.83 bits per heavy atom. The minimum atomic E-state index is -3.62. The maximum absolute atomic E-state index is 13.0. The van der Waals surface area contributed by atoms with Crippen molar-refractivity contribution in [2.24, 2.45) is 5.92 Å². The fraction of sp³-hybridized carbons (Fsp3) is 0.667. The molecule has 1 aliphatic carbocycles. The molecule has 1 amide bonds. The largest absolute Gasteiger partial charge is 0.486 e. The Hall–Kier alpha value is -1.84. The molecule has 2 heterocycles. The molecule has 1 aromatic carbocycles. The fourth-order valence-electron chi connectivity index (χ4n) is 4.07. The highest BCUT2D eigenvalue weighted by molar-refractivity contribution is 7.89. The first-order valence-electron chi connectivity index (χ1n) is 10.8. The Morgan fingerprint density at radius 1 is 1.17 bits per heavy atom. The Bertz CT molecular complexity index is 879. The van der Waals surface area contributed by atoms with Crippen LogP contribution in [0.15, 0.2) is 23.1 Å². The molecule has 30 heavy (non-hydrogen) atoms. The number of carbonyl (C=O) groups is 1. The third kappa shape index (κ3) is 4.58. The van der Waals surface area contributed by atoms with Crippen molar-refractivity contribution in [3.8, 4) is 11.5 Å². The van der Waals surface area contributed by atoms with E-state index in [1.165, 1.54) is 23.2 Å². The SMILES string of the molecule is CC(CNC(=O)C1CCN(S(=O)(=O)c2ccc3c(c2)OCCO3)CC1)N(C)C1CC1. The molecule has 0 bridgehead atoms. The molecule has 3 aliphatic rings. The standard InChI is InChI=1S/C21H31N3O5S/c1-15(23(2)17-3-4-17)14-22-21(25)16-7-9-24(10-8-16)30(26,27)18-5-6-19-20(13-18)29-12-11-28-19/h5-6,13,15-17H,3-4,7-12,14H2,1-2H3,(H,22,25). The van der Waals surface area contributed by atoms with Crippen molar-refractivity contribution in [2.75, 3.05) is 39.9 Å². The average molecular weight is 438 g/mol. The van der Waals surface area contributed by atoms with Gasteiger partial charge in [-0.3, -0.25) is 9.69 Å². The van der Waals surface area contributed by atoms with Gasteiger partial charge in [0.2, 0.25) is 15.9 Å². The number of benzene rings is 1. The number of carbonyl (C=O) groups excluding carboxylic acids is 1. The number of hydrogen-bond donors (Lipinski definition) is 1. The molecule has 1 saturated heterocycles. The third-order valence-corrected chi connectivity index (χ3v) is 8.26. The summed E-state index contributed by atoms with van der Waals surface area (Å²) in [5.74, 6) is 0.914. The lowest BCUT2D eigenvalue weighted by atomic mass is 9.97. The summed E-state index contributed by atoms with van der Waals surface area (Å²) in [7, 11) is -1.52. The zero-order valence-electron chi connectivity index (χ0n) is 17.7. The molecule has 166 valence electrons. The number of likely N-dealkylation sites (N-methyl/N-ethyl adjacent to an activating group) is 1. The molecule has 1 atom stereocenters. The highest BCUT2D eigenvalue weighted by Gasteiger charge is 2.33. The van der Waals surface area contributed by atoms with Crippen molar-refractivity contribution in [1.29, 1.82) is 0 Å². The van der Waals surface area contributed by atoms with Gasteiger partial charge in [0.15, 0.2) is 11.5 Å². The molecule has 0 spiro atoms. The van der Waals surface area contributed by atoms with Gasteiger partial charge in [0.1, 0.15) is 13.2 Å². The summed E-state index contributed by atoms with van der Waals surface area (Å²) >= 11 is 0. The summed E-state index contributed by atoms with van der Waals surface area (Å²) in [6.45, 7) is 4.30. The first kappa shape index (κ1) is 21.4. The van der Waals surface area contributed by atoms with Crippen molar-refractivity contribution >= 4 is 15.9 Å². The maximum Gasteiger partial charge on any atom is 0.243 e. The van der Waals surface area contributed by atoms with E-state index in [4.69, 9.17) is 9.47 Å². The van der Waals surface area contributed by atoms with Crippen LogP contribution in [0.25, 0.3) is 0 Å². The second-order valence-electron chi connectivity index (χ2n) is 8.47. The summed E-state index contributed by atoms with van der Waals surface area (Å²) in [6, 6.07) is 5.68. The van der Waals surface area contributed by atoms with Gasteiger partial charge in [-0.25, -0.2) is 8.42 Å². The van der Waals surface area contributed by atoms with Crippen LogP contribution in [-0.4, -0.2) is 75.5 Å². The number of sulfonamides is 1. The summed E-state index contributed by atoms with van der Waals surface area (Å²) < 4.78 is 38.5. The molecule has 4 rings (SSSR count). The zero-order valence-corrected chi connectivity index (χ0v) is 18.5. The van der Waals surface area contributed by atoms with Gasteiger partial charge >= 0.3 is 0 Å². The first-order valence-corrected chi connectivity index (χ1v) is 12.2. The number of ether oxygens (including phenoxy) is 2. The van der Waals surface area contributed by atoms with Gasteiger partial charge in [-0.2, -0.15) is 4.31 Å². The van der Waals surface area contributed by atoms with E-state index in [1.807, 2.05) is 0 Å². The van der Waals surface area contributed by atoms with E-state index in [1.54, 1.807) is 12.1 Å². The van der Waals surface area contributed by atoms with Gasteiger partial charge < -0.3 is 14.8 Å². The van der Waals surface area contributed by atoms with Gasteiger partial charge in [0, 0.05) is 43.7 Å². The Morgan fingerprint density at radius 3 is 2.50 bits per heavy atom. The predicted octanol–water partition coefficient (Wildman–Crippen LogP) is 1.46. The lowest BCUT2D eigenvalue weighted by molar-refractivity contribution is -0.126. The Labute approximate surface area is 178 Å². The Balaban J connectivity index is 1.30. The van der Waals surface area contributed by atoms with E-state index in [9.17, 15) is 13.2 Å². The number of nitrogens with one attached hydrogen (secondary N) is 1. The molecular weight excluding hydrogens is 406 g/mol. The van der Waals surface area contributed by atoms with Crippen molar-refractivity contribution in [2.45, 2.75) is 49.6 Å². The van der Waals surface area contributed by atoms with Crippen LogP contribution in [0.2, 0.25) is 0 Å². The number of piperidine rings is 1. The van der Waals surface area contributed by atoms with Crippen molar-refractivity contribution in [3.05, 3.63) is 18.2 Å². The highest BCUT2D eigenvalue weighted by atomic mass is 32.2.